The molecule has 0 N–H and O–H groups in total. The quantitative estimate of drug-likeness (QED) is 0.444. The summed E-state index contributed by atoms with van der Waals surface area (Å²) in [6.45, 7) is 3.87. The highest BCUT2D eigenvalue weighted by Crippen LogP contribution is 2.27. The highest BCUT2D eigenvalue weighted by atomic mass is 35.5. The van der Waals surface area contributed by atoms with Crippen LogP contribution in [-0.2, 0) is 6.54 Å². The van der Waals surface area contributed by atoms with E-state index in [1.165, 1.54) is 5.56 Å². The number of para-hydroxylation sites is 1. The Labute approximate surface area is 191 Å². The average molecular weight is 447 g/mol. The number of piperazine rings is 1. The van der Waals surface area contributed by atoms with Gasteiger partial charge in [-0.2, -0.15) is 5.10 Å². The Balaban J connectivity index is 1.38. The lowest BCUT2D eigenvalue weighted by Gasteiger charge is -2.34. The normalized spacial score (nSPS) is 14.6. The number of aromatic nitrogens is 2. The molecule has 0 saturated carbocycles. The van der Waals surface area contributed by atoms with Crippen molar-refractivity contribution in [1.82, 2.24) is 19.6 Å². The molecule has 0 atom stereocenters. The van der Waals surface area contributed by atoms with Crippen LogP contribution < -0.4 is 0 Å². The van der Waals surface area contributed by atoms with Crippen LogP contribution in [-0.4, -0.2) is 51.7 Å². The van der Waals surface area contributed by atoms with E-state index in [-0.39, 0.29) is 5.91 Å². The molecule has 0 unspecified atom stereocenters. The number of halogens is 1. The fourth-order valence-electron chi connectivity index (χ4n) is 4.00. The molecule has 3 heterocycles. The number of hydrogen-bond donors (Lipinski definition) is 0. The van der Waals surface area contributed by atoms with Crippen molar-refractivity contribution in [2.24, 2.45) is 0 Å². The molecule has 1 aliphatic heterocycles. The maximum absolute atomic E-state index is 13.5. The third-order valence-electron chi connectivity index (χ3n) is 5.69. The Bertz CT molecular complexity index is 1200. The molecule has 2 aromatic heterocycles. The predicted molar refractivity (Wildman–Crippen MR) is 124 cm³/mol. The molecule has 0 spiro atoms. The van der Waals surface area contributed by atoms with Gasteiger partial charge in [-0.1, -0.05) is 54.1 Å². The van der Waals surface area contributed by atoms with Crippen LogP contribution in [0.25, 0.3) is 17.1 Å². The van der Waals surface area contributed by atoms with E-state index < -0.39 is 0 Å². The summed E-state index contributed by atoms with van der Waals surface area (Å²) in [7, 11) is 0. The number of amides is 1. The van der Waals surface area contributed by atoms with E-state index in [2.05, 4.69) is 34.3 Å². The van der Waals surface area contributed by atoms with Gasteiger partial charge < -0.3 is 9.32 Å². The van der Waals surface area contributed by atoms with Crippen LogP contribution in [0.4, 0.5) is 0 Å². The summed E-state index contributed by atoms with van der Waals surface area (Å²) in [6, 6.07) is 23.2. The zero-order valence-electron chi connectivity index (χ0n) is 17.5. The van der Waals surface area contributed by atoms with Gasteiger partial charge >= 0.3 is 0 Å². The standard InChI is InChI=1S/C25H23ClN4O2/c26-20-9-4-5-10-22(20)30-23(17-21(27-30)24-11-6-16-32-24)25(31)29-14-12-28(13-15-29)18-19-7-2-1-3-8-19/h1-11,16-17H,12-15,18H2. The molecule has 4 aromatic rings. The van der Waals surface area contributed by atoms with E-state index in [9.17, 15) is 4.79 Å². The zero-order valence-corrected chi connectivity index (χ0v) is 18.3. The average Bonchev–Trinajstić information content (AvgIpc) is 3.51. The van der Waals surface area contributed by atoms with Gasteiger partial charge in [-0.15, -0.1) is 0 Å². The minimum Gasteiger partial charge on any atom is -0.463 e. The fourth-order valence-corrected chi connectivity index (χ4v) is 4.21. The number of carbonyl (C=O) groups is 1. The van der Waals surface area contributed by atoms with Gasteiger partial charge in [0.15, 0.2) is 5.76 Å². The molecule has 1 fully saturated rings. The molecule has 32 heavy (non-hydrogen) atoms. The van der Waals surface area contributed by atoms with Crippen LogP contribution in [0.1, 0.15) is 16.1 Å². The Hall–Kier alpha value is -3.35. The maximum Gasteiger partial charge on any atom is 0.272 e. The molecule has 0 radical (unpaired) electrons. The summed E-state index contributed by atoms with van der Waals surface area (Å²) in [5.74, 6) is 0.548. The van der Waals surface area contributed by atoms with Crippen molar-refractivity contribution < 1.29 is 9.21 Å². The smallest absolute Gasteiger partial charge is 0.272 e. The van der Waals surface area contributed by atoms with Gasteiger partial charge in [0.05, 0.1) is 17.0 Å². The third kappa shape index (κ3) is 4.20. The molecule has 1 aliphatic rings. The Morgan fingerprint density at radius 2 is 1.69 bits per heavy atom. The highest BCUT2D eigenvalue weighted by Gasteiger charge is 2.27. The monoisotopic (exact) mass is 446 g/mol. The van der Waals surface area contributed by atoms with Gasteiger partial charge in [-0.05, 0) is 29.8 Å². The first-order chi connectivity index (χ1) is 15.7. The van der Waals surface area contributed by atoms with E-state index in [4.69, 9.17) is 16.0 Å². The number of furan rings is 1. The van der Waals surface area contributed by atoms with Crippen molar-refractivity contribution >= 4 is 17.5 Å². The third-order valence-corrected chi connectivity index (χ3v) is 6.01. The van der Waals surface area contributed by atoms with Crippen LogP contribution in [0, 0.1) is 0 Å². The molecule has 0 bridgehead atoms. The fraction of sp³-hybridized carbons (Fsp3) is 0.200. The van der Waals surface area contributed by atoms with Gasteiger partial charge in [0.1, 0.15) is 11.4 Å². The minimum atomic E-state index is -0.0606. The Morgan fingerprint density at radius 1 is 0.938 bits per heavy atom. The van der Waals surface area contributed by atoms with Crippen molar-refractivity contribution in [3.8, 4) is 17.1 Å². The Morgan fingerprint density at radius 3 is 2.41 bits per heavy atom. The lowest BCUT2D eigenvalue weighted by Crippen LogP contribution is -2.48. The molecule has 0 aliphatic carbocycles. The second-order valence-electron chi connectivity index (χ2n) is 7.81. The van der Waals surface area contributed by atoms with Crippen LogP contribution >= 0.6 is 11.6 Å². The minimum absolute atomic E-state index is 0.0606. The molecule has 1 saturated heterocycles. The lowest BCUT2D eigenvalue weighted by atomic mass is 10.2. The van der Waals surface area contributed by atoms with Crippen LogP contribution in [0.5, 0.6) is 0 Å². The molecule has 2 aromatic carbocycles. The first kappa shape index (κ1) is 20.5. The van der Waals surface area contributed by atoms with E-state index in [1.807, 2.05) is 35.2 Å². The molecule has 5 rings (SSSR count). The van der Waals surface area contributed by atoms with Crippen molar-refractivity contribution in [2.75, 3.05) is 26.2 Å². The lowest BCUT2D eigenvalue weighted by molar-refractivity contribution is 0.0619. The first-order valence-electron chi connectivity index (χ1n) is 10.6. The number of hydrogen-bond acceptors (Lipinski definition) is 4. The summed E-state index contributed by atoms with van der Waals surface area (Å²) in [6.07, 6.45) is 1.59. The van der Waals surface area contributed by atoms with Crippen LogP contribution in [0.2, 0.25) is 5.02 Å². The predicted octanol–water partition coefficient (Wildman–Crippen LogP) is 4.74. The summed E-state index contributed by atoms with van der Waals surface area (Å²) in [5.41, 5.74) is 3.02. The molecular formula is C25H23ClN4O2. The van der Waals surface area contributed by atoms with Crippen molar-refractivity contribution in [3.05, 3.63) is 95.3 Å². The molecule has 6 nitrogen and oxygen atoms in total. The second-order valence-corrected chi connectivity index (χ2v) is 8.22. The number of carbonyl (C=O) groups excluding carboxylic acids is 1. The van der Waals surface area contributed by atoms with Gasteiger partial charge in [0, 0.05) is 38.8 Å². The molecular weight excluding hydrogens is 424 g/mol. The largest absolute Gasteiger partial charge is 0.463 e. The number of rotatable bonds is 5. The summed E-state index contributed by atoms with van der Waals surface area (Å²) < 4.78 is 7.13. The summed E-state index contributed by atoms with van der Waals surface area (Å²) >= 11 is 6.44. The van der Waals surface area contributed by atoms with Crippen molar-refractivity contribution in [3.63, 3.8) is 0 Å². The molecule has 7 heteroatoms. The summed E-state index contributed by atoms with van der Waals surface area (Å²) in [4.78, 5) is 17.8. The summed E-state index contributed by atoms with van der Waals surface area (Å²) in [5, 5.41) is 5.18. The van der Waals surface area contributed by atoms with E-state index >= 15 is 0 Å². The Kier molecular flexibility index (Phi) is 5.79. The van der Waals surface area contributed by atoms with Crippen LogP contribution in [0.15, 0.2) is 83.5 Å². The first-order valence-corrected chi connectivity index (χ1v) is 11.0. The van der Waals surface area contributed by atoms with Crippen LogP contribution in [0.3, 0.4) is 0 Å². The second kappa shape index (κ2) is 9.02. The highest BCUT2D eigenvalue weighted by molar-refractivity contribution is 6.32. The van der Waals surface area contributed by atoms with Crippen molar-refractivity contribution in [1.29, 1.82) is 0 Å². The number of nitrogens with zero attached hydrogens (tertiary/aromatic N) is 4. The topological polar surface area (TPSA) is 54.5 Å². The van der Waals surface area contributed by atoms with Crippen molar-refractivity contribution in [2.45, 2.75) is 6.54 Å². The van der Waals surface area contributed by atoms with Gasteiger partial charge in [-0.3, -0.25) is 9.69 Å². The van der Waals surface area contributed by atoms with E-state index in [0.29, 0.717) is 40.9 Å². The SMILES string of the molecule is O=C(c1cc(-c2ccco2)nn1-c1ccccc1Cl)N1CCN(Cc2ccccc2)CC1. The molecule has 1 amide bonds. The maximum atomic E-state index is 13.5. The van der Waals surface area contributed by atoms with E-state index in [0.717, 1.165) is 19.6 Å². The van der Waals surface area contributed by atoms with Gasteiger partial charge in [0.2, 0.25) is 0 Å². The molecule has 162 valence electrons. The zero-order chi connectivity index (χ0) is 21.9. The van der Waals surface area contributed by atoms with E-state index in [1.54, 1.807) is 29.1 Å². The number of benzene rings is 2. The van der Waals surface area contributed by atoms with Gasteiger partial charge in [0.25, 0.3) is 5.91 Å². The van der Waals surface area contributed by atoms with Gasteiger partial charge in [-0.25, -0.2) is 4.68 Å².